The molecule has 1 saturated heterocycles. The number of hydrazone groups is 1. The number of furan rings is 1. The van der Waals surface area contributed by atoms with Crippen molar-refractivity contribution in [3.63, 3.8) is 0 Å². The molecule has 5 aliphatic rings. The first-order valence-corrected chi connectivity index (χ1v) is 10.5. The zero-order valence-electron chi connectivity index (χ0n) is 17.1. The lowest BCUT2D eigenvalue weighted by atomic mass is 9.63. The molecule has 2 amide bonds. The molecule has 1 aromatic carbocycles. The number of rotatable bonds is 5. The Hall–Kier alpha value is -3.75. The van der Waals surface area contributed by atoms with Gasteiger partial charge in [0.1, 0.15) is 17.3 Å². The number of carbonyl (C=O) groups excluding carboxylic acids is 2. The summed E-state index contributed by atoms with van der Waals surface area (Å²) in [5.74, 6) is 1.12. The second-order valence-electron chi connectivity index (χ2n) is 8.73. The van der Waals surface area contributed by atoms with Crippen molar-refractivity contribution < 1.29 is 23.7 Å². The van der Waals surface area contributed by atoms with Crippen LogP contribution in [0.4, 0.5) is 5.69 Å². The number of hydrogen-bond donors (Lipinski definition) is 0. The second-order valence-corrected chi connectivity index (χ2v) is 8.73. The lowest BCUT2D eigenvalue weighted by molar-refractivity contribution is -0.384. The van der Waals surface area contributed by atoms with Gasteiger partial charge in [-0.05, 0) is 54.4 Å². The highest BCUT2D eigenvalue weighted by Crippen LogP contribution is 2.65. The van der Waals surface area contributed by atoms with Crippen molar-refractivity contribution in [1.82, 2.24) is 5.01 Å². The molecule has 1 aromatic heterocycles. The maximum Gasteiger partial charge on any atom is 0.284 e. The summed E-state index contributed by atoms with van der Waals surface area (Å²) in [4.78, 5) is 36.9. The van der Waals surface area contributed by atoms with E-state index >= 15 is 0 Å². The fourth-order valence-electron chi connectivity index (χ4n) is 5.73. The maximum atomic E-state index is 13.0. The lowest BCUT2D eigenvalue weighted by Gasteiger charge is -2.37. The molecule has 9 heteroatoms. The number of methoxy groups -OCH3 is 1. The summed E-state index contributed by atoms with van der Waals surface area (Å²) in [5, 5.41) is 16.6. The van der Waals surface area contributed by atoms with Crippen molar-refractivity contribution in [1.29, 1.82) is 0 Å². The maximum absolute atomic E-state index is 13.0. The van der Waals surface area contributed by atoms with Crippen LogP contribution in [0.15, 0.2) is 52.0 Å². The number of amides is 2. The van der Waals surface area contributed by atoms with Crippen LogP contribution >= 0.6 is 0 Å². The van der Waals surface area contributed by atoms with E-state index in [0.29, 0.717) is 17.6 Å². The summed E-state index contributed by atoms with van der Waals surface area (Å²) in [6.07, 6.45) is 6.63. The van der Waals surface area contributed by atoms with Gasteiger partial charge < -0.3 is 9.15 Å². The normalized spacial score (nSPS) is 31.8. The number of nitro benzene ring substituents is 1. The minimum atomic E-state index is -0.510. The topological polar surface area (TPSA) is 115 Å². The van der Waals surface area contributed by atoms with Crippen molar-refractivity contribution in [3.8, 4) is 17.1 Å². The van der Waals surface area contributed by atoms with Crippen molar-refractivity contribution in [2.45, 2.75) is 6.42 Å². The van der Waals surface area contributed by atoms with E-state index in [0.717, 1.165) is 11.4 Å². The Bertz CT molecular complexity index is 1190. The van der Waals surface area contributed by atoms with E-state index in [4.69, 9.17) is 9.15 Å². The van der Waals surface area contributed by atoms with Crippen LogP contribution in [0.25, 0.3) is 11.3 Å². The van der Waals surface area contributed by atoms with Crippen LogP contribution in [0, 0.1) is 45.6 Å². The third-order valence-corrected chi connectivity index (χ3v) is 7.23. The van der Waals surface area contributed by atoms with Gasteiger partial charge >= 0.3 is 0 Å². The summed E-state index contributed by atoms with van der Waals surface area (Å²) in [6, 6.07) is 7.65. The van der Waals surface area contributed by atoms with E-state index in [1.807, 2.05) is 0 Å². The average molecular weight is 433 g/mol. The molecular weight excluding hydrogens is 414 g/mol. The van der Waals surface area contributed by atoms with Crippen LogP contribution in [-0.4, -0.2) is 35.1 Å². The molecule has 3 fully saturated rings. The fourth-order valence-corrected chi connectivity index (χ4v) is 5.73. The molecular formula is C23H19N3O6. The molecule has 2 bridgehead atoms. The number of benzene rings is 1. The number of hydrogen-bond acceptors (Lipinski definition) is 7. The number of ether oxygens (including phenoxy) is 1. The molecule has 7 rings (SSSR count). The first-order valence-electron chi connectivity index (χ1n) is 10.5. The molecule has 0 N–H and O–H groups in total. The Balaban J connectivity index is 1.25. The monoisotopic (exact) mass is 433 g/mol. The van der Waals surface area contributed by atoms with E-state index in [9.17, 15) is 19.7 Å². The summed E-state index contributed by atoms with van der Waals surface area (Å²) in [5.41, 5.74) is 0.134. The first kappa shape index (κ1) is 19.0. The number of allylic oxidation sites excluding steroid dienone is 2. The largest absolute Gasteiger partial charge is 0.497 e. The fraction of sp³-hybridized carbons (Fsp3) is 0.348. The van der Waals surface area contributed by atoms with Gasteiger partial charge in [0.05, 0.1) is 41.7 Å². The number of carbonyl (C=O) groups is 2. The summed E-state index contributed by atoms with van der Waals surface area (Å²) < 4.78 is 10.8. The SMILES string of the molecule is COc1ccc(-c2ccc(C=NN3C(=O)[C@@H]4[C@H]5C=C[C@@H]([C@@H]6C[C@H]56)[C@H]4C3=O)o2)c([N+](=O)[O-])c1. The molecule has 2 heterocycles. The van der Waals surface area contributed by atoms with Gasteiger partial charge in [0.15, 0.2) is 0 Å². The number of nitro groups is 1. The smallest absolute Gasteiger partial charge is 0.284 e. The Kier molecular flexibility index (Phi) is 3.93. The number of imide groups is 1. The van der Waals surface area contributed by atoms with Gasteiger partial charge in [-0.3, -0.25) is 19.7 Å². The summed E-state index contributed by atoms with van der Waals surface area (Å²) in [6.45, 7) is 0. The van der Waals surface area contributed by atoms with Gasteiger partial charge in [-0.15, -0.1) is 0 Å². The predicted octanol–water partition coefficient (Wildman–Crippen LogP) is 3.25. The molecule has 4 aliphatic carbocycles. The molecule has 1 aliphatic heterocycles. The highest BCUT2D eigenvalue weighted by Gasteiger charge is 2.67. The minimum absolute atomic E-state index is 0.137. The second kappa shape index (κ2) is 6.62. The first-order chi connectivity index (χ1) is 15.5. The Labute approximate surface area is 182 Å². The van der Waals surface area contributed by atoms with Crippen LogP contribution in [0.1, 0.15) is 12.2 Å². The number of nitrogens with zero attached hydrogens (tertiary/aromatic N) is 3. The van der Waals surface area contributed by atoms with Gasteiger partial charge in [0, 0.05) is 0 Å². The molecule has 0 spiro atoms. The zero-order chi connectivity index (χ0) is 22.1. The van der Waals surface area contributed by atoms with Crippen molar-refractivity contribution in [3.05, 3.63) is 58.4 Å². The molecule has 2 aromatic rings. The third-order valence-electron chi connectivity index (χ3n) is 7.23. The van der Waals surface area contributed by atoms with E-state index in [2.05, 4.69) is 17.3 Å². The minimum Gasteiger partial charge on any atom is -0.497 e. The van der Waals surface area contributed by atoms with Crippen LogP contribution in [-0.2, 0) is 9.59 Å². The highest BCUT2D eigenvalue weighted by molar-refractivity contribution is 6.06. The summed E-state index contributed by atoms with van der Waals surface area (Å²) >= 11 is 0. The third kappa shape index (κ3) is 2.60. The van der Waals surface area contributed by atoms with Gasteiger partial charge in [0.2, 0.25) is 0 Å². The standard InChI is InChI=1S/C23H19N3O6/c1-31-11-2-4-15(18(8-11)26(29)30)19-7-3-12(32-19)10-24-25-22(27)20-13-5-6-14(17-9-16(13)17)21(20)23(25)28/h2-8,10,13-14,16-17,20-21H,9H2,1H3/t13-,14-,16-,17+,20+,21+/m0/s1. The van der Waals surface area contributed by atoms with Crippen molar-refractivity contribution in [2.24, 2.45) is 40.6 Å². The Morgan fingerprint density at radius 3 is 2.44 bits per heavy atom. The van der Waals surface area contributed by atoms with Crippen LogP contribution in [0.3, 0.4) is 0 Å². The molecule has 162 valence electrons. The van der Waals surface area contributed by atoms with Gasteiger partial charge in [-0.2, -0.15) is 10.1 Å². The van der Waals surface area contributed by atoms with Gasteiger partial charge in [-0.1, -0.05) is 12.2 Å². The zero-order valence-corrected chi connectivity index (χ0v) is 17.1. The molecule has 0 unspecified atom stereocenters. The van der Waals surface area contributed by atoms with Crippen LogP contribution in [0.5, 0.6) is 5.75 Å². The van der Waals surface area contributed by atoms with Crippen molar-refractivity contribution in [2.75, 3.05) is 7.11 Å². The van der Waals surface area contributed by atoms with Crippen LogP contribution in [0.2, 0.25) is 0 Å². The Morgan fingerprint density at radius 2 is 1.81 bits per heavy atom. The molecule has 9 nitrogen and oxygen atoms in total. The average Bonchev–Trinajstić information content (AvgIpc) is 3.44. The van der Waals surface area contributed by atoms with E-state index in [1.54, 1.807) is 24.3 Å². The predicted molar refractivity (Wildman–Crippen MR) is 111 cm³/mol. The highest BCUT2D eigenvalue weighted by atomic mass is 16.6. The quantitative estimate of drug-likeness (QED) is 0.235. The van der Waals surface area contributed by atoms with Gasteiger partial charge in [-0.25, -0.2) is 0 Å². The molecule has 2 saturated carbocycles. The molecule has 6 atom stereocenters. The lowest BCUT2D eigenvalue weighted by Crippen LogP contribution is -2.40. The molecule has 0 radical (unpaired) electrons. The van der Waals surface area contributed by atoms with E-state index in [-0.39, 0.29) is 58.3 Å². The summed E-state index contributed by atoms with van der Waals surface area (Å²) in [7, 11) is 1.43. The van der Waals surface area contributed by atoms with Crippen molar-refractivity contribution >= 4 is 23.7 Å². The molecule has 32 heavy (non-hydrogen) atoms. The Morgan fingerprint density at radius 1 is 1.12 bits per heavy atom. The van der Waals surface area contributed by atoms with E-state index < -0.39 is 4.92 Å². The van der Waals surface area contributed by atoms with Crippen LogP contribution < -0.4 is 4.74 Å². The van der Waals surface area contributed by atoms with E-state index in [1.165, 1.54) is 19.4 Å². The van der Waals surface area contributed by atoms with Gasteiger partial charge in [0.25, 0.3) is 17.5 Å².